The third-order valence-electron chi connectivity index (χ3n) is 2.64. The molecule has 0 aromatic heterocycles. The molecule has 0 aromatic carbocycles. The number of nitrogens with two attached hydrogens (primary N) is 1. The van der Waals surface area contributed by atoms with Gasteiger partial charge in [0.05, 0.1) is 6.04 Å². The molecule has 1 unspecified atom stereocenters. The molecule has 5 nitrogen and oxygen atoms in total. The van der Waals surface area contributed by atoms with E-state index in [2.05, 4.69) is 5.32 Å². The van der Waals surface area contributed by atoms with Crippen LogP contribution in [0.2, 0.25) is 0 Å². The van der Waals surface area contributed by atoms with E-state index >= 15 is 0 Å². The SMILES string of the molecule is CCN(C)C(=O)C(C)NC(=O)[C@@H](N)CC(C)C. The summed E-state index contributed by atoms with van der Waals surface area (Å²) in [5.74, 6) is 0.00160. The molecule has 0 saturated carbocycles. The van der Waals surface area contributed by atoms with Crippen LogP contribution in [0, 0.1) is 5.92 Å². The van der Waals surface area contributed by atoms with E-state index in [-0.39, 0.29) is 11.8 Å². The number of hydrogen-bond donors (Lipinski definition) is 2. The predicted octanol–water partition coefficient (Wildman–Crippen LogP) is 0.343. The van der Waals surface area contributed by atoms with E-state index in [1.54, 1.807) is 18.9 Å². The van der Waals surface area contributed by atoms with Crippen LogP contribution in [-0.4, -0.2) is 42.4 Å². The Hall–Kier alpha value is -1.10. The highest BCUT2D eigenvalue weighted by Crippen LogP contribution is 2.03. The van der Waals surface area contributed by atoms with Gasteiger partial charge in [-0.1, -0.05) is 13.8 Å². The van der Waals surface area contributed by atoms with E-state index in [4.69, 9.17) is 5.73 Å². The molecule has 17 heavy (non-hydrogen) atoms. The van der Waals surface area contributed by atoms with Crippen LogP contribution in [-0.2, 0) is 9.59 Å². The fourth-order valence-electron chi connectivity index (χ4n) is 1.48. The summed E-state index contributed by atoms with van der Waals surface area (Å²) in [6.07, 6.45) is 0.621. The maximum absolute atomic E-state index is 11.7. The van der Waals surface area contributed by atoms with Crippen molar-refractivity contribution in [3.05, 3.63) is 0 Å². The first-order chi connectivity index (χ1) is 7.79. The Kier molecular flexibility index (Phi) is 6.80. The molecule has 5 heteroatoms. The molecule has 0 saturated heterocycles. The van der Waals surface area contributed by atoms with E-state index < -0.39 is 12.1 Å². The summed E-state index contributed by atoms with van der Waals surface area (Å²) in [4.78, 5) is 25.0. The first-order valence-corrected chi connectivity index (χ1v) is 6.10. The van der Waals surface area contributed by atoms with Gasteiger partial charge in [-0.25, -0.2) is 0 Å². The van der Waals surface area contributed by atoms with Gasteiger partial charge < -0.3 is 16.0 Å². The van der Waals surface area contributed by atoms with Crippen LogP contribution >= 0.6 is 0 Å². The maximum Gasteiger partial charge on any atom is 0.244 e. The van der Waals surface area contributed by atoms with Gasteiger partial charge in [-0.3, -0.25) is 9.59 Å². The molecule has 0 heterocycles. The summed E-state index contributed by atoms with van der Waals surface area (Å²) in [5, 5.41) is 2.64. The fourth-order valence-corrected chi connectivity index (χ4v) is 1.48. The van der Waals surface area contributed by atoms with Crippen LogP contribution in [0.4, 0.5) is 0 Å². The minimum atomic E-state index is -0.544. The van der Waals surface area contributed by atoms with Gasteiger partial charge in [0.15, 0.2) is 0 Å². The summed E-state index contributed by atoms with van der Waals surface area (Å²) in [6.45, 7) is 8.20. The third-order valence-corrected chi connectivity index (χ3v) is 2.64. The number of nitrogens with zero attached hydrogens (tertiary/aromatic N) is 1. The van der Waals surface area contributed by atoms with Crippen LogP contribution in [0.5, 0.6) is 0 Å². The lowest BCUT2D eigenvalue weighted by Gasteiger charge is -2.22. The predicted molar refractivity (Wildman–Crippen MR) is 68.3 cm³/mol. The standard InChI is InChI=1S/C12H25N3O2/c1-6-15(5)12(17)9(4)14-11(16)10(13)7-8(2)3/h8-10H,6-7,13H2,1-5H3,(H,14,16)/t9?,10-/m0/s1. The zero-order valence-corrected chi connectivity index (χ0v) is 11.5. The summed E-state index contributed by atoms with van der Waals surface area (Å²) >= 11 is 0. The van der Waals surface area contributed by atoms with Crippen LogP contribution < -0.4 is 11.1 Å². The van der Waals surface area contributed by atoms with Gasteiger partial charge in [-0.2, -0.15) is 0 Å². The van der Waals surface area contributed by atoms with Crippen molar-refractivity contribution in [2.24, 2.45) is 11.7 Å². The highest BCUT2D eigenvalue weighted by atomic mass is 16.2. The molecule has 0 aliphatic rings. The van der Waals surface area contributed by atoms with E-state index in [1.807, 2.05) is 20.8 Å². The summed E-state index contributed by atoms with van der Waals surface area (Å²) < 4.78 is 0. The van der Waals surface area contributed by atoms with Crippen LogP contribution in [0.15, 0.2) is 0 Å². The van der Waals surface area contributed by atoms with Gasteiger partial charge in [0.2, 0.25) is 11.8 Å². The summed E-state index contributed by atoms with van der Waals surface area (Å²) in [7, 11) is 1.71. The molecule has 2 atom stereocenters. The van der Waals surface area contributed by atoms with Crippen LogP contribution in [0.1, 0.15) is 34.1 Å². The molecule has 0 bridgehead atoms. The van der Waals surface area contributed by atoms with Gasteiger partial charge >= 0.3 is 0 Å². The summed E-state index contributed by atoms with van der Waals surface area (Å²) in [5.41, 5.74) is 5.74. The number of carbonyl (C=O) groups is 2. The van der Waals surface area contributed by atoms with Crippen molar-refractivity contribution in [2.45, 2.75) is 46.2 Å². The maximum atomic E-state index is 11.7. The zero-order valence-electron chi connectivity index (χ0n) is 11.5. The van der Waals surface area contributed by atoms with Gasteiger partial charge in [-0.05, 0) is 26.2 Å². The number of rotatable bonds is 6. The second kappa shape index (κ2) is 7.27. The molecule has 3 N–H and O–H groups in total. The van der Waals surface area contributed by atoms with Crippen LogP contribution in [0.25, 0.3) is 0 Å². The average molecular weight is 243 g/mol. The first kappa shape index (κ1) is 15.9. The lowest BCUT2D eigenvalue weighted by Crippen LogP contribution is -2.50. The van der Waals surface area contributed by atoms with Crippen molar-refractivity contribution < 1.29 is 9.59 Å². The topological polar surface area (TPSA) is 75.4 Å². The number of amides is 2. The Balaban J connectivity index is 4.24. The molecule has 0 aromatic rings. The van der Waals surface area contributed by atoms with E-state index in [9.17, 15) is 9.59 Å². The van der Waals surface area contributed by atoms with Crippen LogP contribution in [0.3, 0.4) is 0 Å². The Morgan fingerprint density at radius 1 is 1.29 bits per heavy atom. The normalized spacial score (nSPS) is 14.3. The molecule has 0 spiro atoms. The van der Waals surface area contributed by atoms with Crippen molar-refractivity contribution in [3.8, 4) is 0 Å². The van der Waals surface area contributed by atoms with E-state index in [0.717, 1.165) is 0 Å². The van der Waals surface area contributed by atoms with Gasteiger partial charge in [0, 0.05) is 13.6 Å². The molecular formula is C12H25N3O2. The van der Waals surface area contributed by atoms with E-state index in [1.165, 1.54) is 0 Å². The van der Waals surface area contributed by atoms with Crippen molar-refractivity contribution in [1.29, 1.82) is 0 Å². The lowest BCUT2D eigenvalue weighted by atomic mass is 10.0. The largest absolute Gasteiger partial charge is 0.344 e. The Morgan fingerprint density at radius 2 is 1.82 bits per heavy atom. The fraction of sp³-hybridized carbons (Fsp3) is 0.833. The molecule has 0 radical (unpaired) electrons. The molecule has 0 rings (SSSR count). The Labute approximate surface area is 104 Å². The molecular weight excluding hydrogens is 218 g/mol. The summed E-state index contributed by atoms with van der Waals surface area (Å²) in [6, 6.07) is -1.07. The van der Waals surface area contributed by atoms with E-state index in [0.29, 0.717) is 18.9 Å². The number of nitrogens with one attached hydrogen (secondary N) is 1. The minimum Gasteiger partial charge on any atom is -0.344 e. The Bertz CT molecular complexity index is 266. The highest BCUT2D eigenvalue weighted by molar-refractivity contribution is 5.89. The zero-order chi connectivity index (χ0) is 13.6. The third kappa shape index (κ3) is 5.68. The second-order valence-electron chi connectivity index (χ2n) is 4.82. The minimum absolute atomic E-state index is 0.0994. The Morgan fingerprint density at radius 3 is 2.24 bits per heavy atom. The van der Waals surface area contributed by atoms with Crippen molar-refractivity contribution in [2.75, 3.05) is 13.6 Å². The molecule has 0 fully saturated rings. The molecule has 0 aliphatic carbocycles. The van der Waals surface area contributed by atoms with Crippen molar-refractivity contribution in [3.63, 3.8) is 0 Å². The van der Waals surface area contributed by atoms with Crippen molar-refractivity contribution in [1.82, 2.24) is 10.2 Å². The van der Waals surface area contributed by atoms with Crippen molar-refractivity contribution >= 4 is 11.8 Å². The quantitative estimate of drug-likeness (QED) is 0.706. The molecule has 0 aliphatic heterocycles. The van der Waals surface area contributed by atoms with Gasteiger partial charge in [0.25, 0.3) is 0 Å². The van der Waals surface area contributed by atoms with Gasteiger partial charge in [0.1, 0.15) is 6.04 Å². The number of carbonyl (C=O) groups excluding carboxylic acids is 2. The smallest absolute Gasteiger partial charge is 0.244 e. The number of hydrogen-bond acceptors (Lipinski definition) is 3. The first-order valence-electron chi connectivity index (χ1n) is 6.10. The molecule has 100 valence electrons. The monoisotopic (exact) mass is 243 g/mol. The average Bonchev–Trinajstić information content (AvgIpc) is 2.25. The second-order valence-corrected chi connectivity index (χ2v) is 4.82. The number of likely N-dealkylation sites (N-methyl/N-ethyl adjacent to an activating group) is 1. The lowest BCUT2D eigenvalue weighted by molar-refractivity contribution is -0.135. The highest BCUT2D eigenvalue weighted by Gasteiger charge is 2.22. The van der Waals surface area contributed by atoms with Gasteiger partial charge in [-0.15, -0.1) is 0 Å². The molecule has 2 amide bonds.